The molecule has 2 fully saturated rings. The minimum Gasteiger partial charge on any atom is -0.204 e. The van der Waals surface area contributed by atoms with E-state index in [0.717, 1.165) is 36.2 Å². The lowest BCUT2D eigenvalue weighted by molar-refractivity contribution is 0.155. The maximum atomic E-state index is 13.5. The minimum absolute atomic E-state index is 0. The van der Waals surface area contributed by atoms with Gasteiger partial charge < -0.3 is 0 Å². The highest BCUT2D eigenvalue weighted by molar-refractivity contribution is 5.22. The van der Waals surface area contributed by atoms with Gasteiger partial charge in [-0.15, -0.1) is 0 Å². The fourth-order valence-electron chi connectivity index (χ4n) is 5.32. The smallest absolute Gasteiger partial charge is 0.159 e. The molecule has 3 rings (SSSR count). The van der Waals surface area contributed by atoms with Gasteiger partial charge in [0.05, 0.1) is 0 Å². The van der Waals surface area contributed by atoms with Crippen molar-refractivity contribution in [1.82, 2.24) is 0 Å². The number of halogens is 2. The van der Waals surface area contributed by atoms with Crippen LogP contribution in [0.15, 0.2) is 18.2 Å². The zero-order valence-electron chi connectivity index (χ0n) is 15.8. The van der Waals surface area contributed by atoms with Gasteiger partial charge in [-0.25, -0.2) is 8.78 Å². The Morgan fingerprint density at radius 3 is 2.08 bits per heavy atom. The van der Waals surface area contributed by atoms with Gasteiger partial charge >= 0.3 is 0 Å². The lowest BCUT2D eigenvalue weighted by atomic mass is 9.68. The summed E-state index contributed by atoms with van der Waals surface area (Å²) in [5.74, 6) is 1.79. The molecule has 2 aliphatic carbocycles. The van der Waals surface area contributed by atoms with Gasteiger partial charge in [-0.1, -0.05) is 51.5 Å². The quantitative estimate of drug-likeness (QED) is 0.453. The van der Waals surface area contributed by atoms with E-state index in [1.165, 1.54) is 76.3 Å². The van der Waals surface area contributed by atoms with Gasteiger partial charge in [-0.05, 0) is 79.9 Å². The Hall–Kier alpha value is -0.920. The molecule has 1 aromatic rings. The van der Waals surface area contributed by atoms with E-state index >= 15 is 0 Å². The van der Waals surface area contributed by atoms with Crippen LogP contribution in [-0.4, -0.2) is 0 Å². The average Bonchev–Trinajstić information content (AvgIpc) is 2.65. The maximum Gasteiger partial charge on any atom is 0.159 e. The van der Waals surface area contributed by atoms with Crippen molar-refractivity contribution in [3.63, 3.8) is 0 Å². The van der Waals surface area contributed by atoms with Crippen LogP contribution in [0, 0.1) is 29.4 Å². The maximum absolute atomic E-state index is 13.5. The molecule has 0 atom stereocenters. The predicted molar refractivity (Wildman–Crippen MR) is 105 cm³/mol. The Bertz CT molecular complexity index is 533. The van der Waals surface area contributed by atoms with Crippen LogP contribution in [0.25, 0.3) is 0 Å². The van der Waals surface area contributed by atoms with Gasteiger partial charge in [0.2, 0.25) is 0 Å². The van der Waals surface area contributed by atoms with Crippen LogP contribution in [0.2, 0.25) is 0 Å². The summed E-state index contributed by atoms with van der Waals surface area (Å²) in [6.45, 7) is 2.29. The average molecular weight is 353 g/mol. The van der Waals surface area contributed by atoms with E-state index in [9.17, 15) is 8.78 Å². The first-order chi connectivity index (χ1) is 12.2. The molecule has 0 amide bonds. The first-order valence-electron chi connectivity index (χ1n) is 10.6. The van der Waals surface area contributed by atoms with E-state index in [0.29, 0.717) is 5.92 Å². The molecule has 2 heteroatoms. The van der Waals surface area contributed by atoms with Crippen LogP contribution >= 0.6 is 0 Å². The molecule has 0 radical (unpaired) electrons. The molecule has 1 aromatic carbocycles. The molecule has 2 saturated carbocycles. The standard InChI is InChI=1S/C23H34F2.2H2/c1-2-3-4-5-17-6-8-18(9-7-17)19-10-12-20(13-11-19)21-14-15-22(24)23(25)16-21;;/h14-20H,2-13H2,1H3;2*1H. The van der Waals surface area contributed by atoms with Crippen LogP contribution in [-0.2, 0) is 0 Å². The summed E-state index contributed by atoms with van der Waals surface area (Å²) in [4.78, 5) is 0. The number of rotatable bonds is 6. The highest BCUT2D eigenvalue weighted by atomic mass is 19.2. The fourth-order valence-corrected chi connectivity index (χ4v) is 5.32. The molecule has 144 valence electrons. The number of benzene rings is 1. The third-order valence-electron chi connectivity index (χ3n) is 6.96. The molecule has 0 unspecified atom stereocenters. The topological polar surface area (TPSA) is 0 Å². The van der Waals surface area contributed by atoms with Crippen molar-refractivity contribution in [2.24, 2.45) is 17.8 Å². The van der Waals surface area contributed by atoms with Gasteiger partial charge in [0.25, 0.3) is 0 Å². The van der Waals surface area contributed by atoms with Crippen molar-refractivity contribution in [3.8, 4) is 0 Å². The molecule has 25 heavy (non-hydrogen) atoms. The summed E-state index contributed by atoms with van der Waals surface area (Å²) in [6, 6.07) is 4.49. The Kier molecular flexibility index (Phi) is 6.90. The van der Waals surface area contributed by atoms with E-state index in [4.69, 9.17) is 0 Å². The molecular formula is C23H38F2. The third kappa shape index (κ3) is 5.05. The molecule has 0 bridgehead atoms. The normalized spacial score (nSPS) is 30.4. The number of unbranched alkanes of at least 4 members (excludes halogenated alkanes) is 2. The van der Waals surface area contributed by atoms with Crippen molar-refractivity contribution in [3.05, 3.63) is 35.4 Å². The van der Waals surface area contributed by atoms with Crippen LogP contribution in [0.4, 0.5) is 8.78 Å². The lowest BCUT2D eigenvalue weighted by Crippen LogP contribution is -2.25. The van der Waals surface area contributed by atoms with Gasteiger partial charge in [0.1, 0.15) is 0 Å². The summed E-state index contributed by atoms with van der Waals surface area (Å²) in [7, 11) is 0. The Labute approximate surface area is 155 Å². The Balaban J connectivity index is 0.00000182. The summed E-state index contributed by atoms with van der Waals surface area (Å²) in [5.41, 5.74) is 0.997. The van der Waals surface area contributed by atoms with E-state index in [1.807, 2.05) is 0 Å². The van der Waals surface area contributed by atoms with E-state index in [-0.39, 0.29) is 2.85 Å². The van der Waals surface area contributed by atoms with Gasteiger partial charge in [0, 0.05) is 2.85 Å². The first-order valence-corrected chi connectivity index (χ1v) is 10.6. The fraction of sp³-hybridized carbons (Fsp3) is 0.739. The van der Waals surface area contributed by atoms with Crippen molar-refractivity contribution < 1.29 is 11.6 Å². The van der Waals surface area contributed by atoms with Crippen LogP contribution < -0.4 is 0 Å². The molecular weight excluding hydrogens is 314 g/mol. The zero-order valence-corrected chi connectivity index (χ0v) is 15.8. The Morgan fingerprint density at radius 2 is 1.48 bits per heavy atom. The second-order valence-electron chi connectivity index (χ2n) is 8.56. The number of hydrogen-bond donors (Lipinski definition) is 0. The molecule has 0 aliphatic heterocycles. The Morgan fingerprint density at radius 1 is 0.840 bits per heavy atom. The van der Waals surface area contributed by atoms with E-state index < -0.39 is 11.6 Å². The third-order valence-corrected chi connectivity index (χ3v) is 6.96. The molecule has 0 aromatic heterocycles. The minimum atomic E-state index is -0.729. The van der Waals surface area contributed by atoms with Gasteiger partial charge in [0.15, 0.2) is 11.6 Å². The number of hydrogen-bond acceptors (Lipinski definition) is 0. The molecule has 0 spiro atoms. The van der Waals surface area contributed by atoms with Crippen molar-refractivity contribution in [1.29, 1.82) is 0 Å². The molecule has 0 saturated heterocycles. The predicted octanol–water partition coefficient (Wildman–Crippen LogP) is 8.12. The SMILES string of the molecule is CCCCCC1CCC(C2CCC(c3ccc(F)c(F)c3)CC2)CC1.[HH].[HH]. The highest BCUT2D eigenvalue weighted by Crippen LogP contribution is 2.44. The summed E-state index contributed by atoms with van der Waals surface area (Å²) < 4.78 is 26.6. The van der Waals surface area contributed by atoms with Crippen molar-refractivity contribution >= 4 is 0 Å². The zero-order chi connectivity index (χ0) is 17.6. The van der Waals surface area contributed by atoms with Crippen molar-refractivity contribution in [2.75, 3.05) is 0 Å². The van der Waals surface area contributed by atoms with Gasteiger partial charge in [-0.2, -0.15) is 0 Å². The molecule has 0 N–H and O–H groups in total. The molecule has 0 heterocycles. The van der Waals surface area contributed by atoms with E-state index in [2.05, 4.69) is 6.92 Å². The monoisotopic (exact) mass is 352 g/mol. The molecule has 0 nitrogen and oxygen atoms in total. The first kappa shape index (κ1) is 18.9. The lowest BCUT2D eigenvalue weighted by Gasteiger charge is -2.38. The summed E-state index contributed by atoms with van der Waals surface area (Å²) >= 11 is 0. The second kappa shape index (κ2) is 9.14. The molecule has 2 aliphatic rings. The van der Waals surface area contributed by atoms with Crippen LogP contribution in [0.5, 0.6) is 0 Å². The second-order valence-corrected chi connectivity index (χ2v) is 8.56. The highest BCUT2D eigenvalue weighted by Gasteiger charge is 2.31. The van der Waals surface area contributed by atoms with Crippen LogP contribution in [0.1, 0.15) is 98.3 Å². The van der Waals surface area contributed by atoms with E-state index in [1.54, 1.807) is 6.07 Å². The summed E-state index contributed by atoms with van der Waals surface area (Å²) in [5, 5.41) is 0. The van der Waals surface area contributed by atoms with Gasteiger partial charge in [-0.3, -0.25) is 0 Å². The van der Waals surface area contributed by atoms with Crippen LogP contribution in [0.3, 0.4) is 0 Å². The van der Waals surface area contributed by atoms with Crippen molar-refractivity contribution in [2.45, 2.75) is 89.9 Å². The largest absolute Gasteiger partial charge is 0.204 e. The summed E-state index contributed by atoms with van der Waals surface area (Å²) in [6.07, 6.45) is 16.2.